The number of methoxy groups -OCH3 is 1. The summed E-state index contributed by atoms with van der Waals surface area (Å²) < 4.78 is 7.16. The zero-order valence-corrected chi connectivity index (χ0v) is 19.1. The van der Waals surface area contributed by atoms with Crippen LogP contribution in [-0.2, 0) is 23.2 Å². The van der Waals surface area contributed by atoms with E-state index in [9.17, 15) is 14.4 Å². The number of urea groups is 1. The lowest BCUT2D eigenvalue weighted by Gasteiger charge is -2.13. The molecule has 172 valence electrons. The molecule has 1 atom stereocenters. The van der Waals surface area contributed by atoms with E-state index in [1.165, 1.54) is 0 Å². The van der Waals surface area contributed by atoms with Gasteiger partial charge in [0, 0.05) is 18.7 Å². The van der Waals surface area contributed by atoms with E-state index in [-0.39, 0.29) is 24.8 Å². The molecule has 2 N–H and O–H groups in total. The van der Waals surface area contributed by atoms with Crippen LogP contribution >= 0.6 is 0 Å². The van der Waals surface area contributed by atoms with Gasteiger partial charge in [-0.1, -0.05) is 26.0 Å². The van der Waals surface area contributed by atoms with Crippen molar-refractivity contribution in [1.82, 2.24) is 19.8 Å². The van der Waals surface area contributed by atoms with Gasteiger partial charge in [0.05, 0.1) is 31.1 Å². The first-order valence-electron chi connectivity index (χ1n) is 10.8. The lowest BCUT2D eigenvalue weighted by molar-refractivity contribution is -0.130. The Morgan fingerprint density at radius 3 is 2.58 bits per heavy atom. The fourth-order valence-electron chi connectivity index (χ4n) is 3.99. The minimum Gasteiger partial charge on any atom is -0.497 e. The fraction of sp³-hybridized carbons (Fsp3) is 0.333. The summed E-state index contributed by atoms with van der Waals surface area (Å²) in [5.41, 5.74) is 3.14. The van der Waals surface area contributed by atoms with Gasteiger partial charge in [-0.05, 0) is 35.9 Å². The molecule has 0 spiro atoms. The van der Waals surface area contributed by atoms with Crippen molar-refractivity contribution in [3.63, 3.8) is 0 Å². The highest BCUT2D eigenvalue weighted by Crippen LogP contribution is 2.24. The Labute approximate surface area is 191 Å². The van der Waals surface area contributed by atoms with Gasteiger partial charge < -0.3 is 19.9 Å². The number of nitrogens with one attached hydrogen (secondary N) is 2. The molecule has 33 heavy (non-hydrogen) atoms. The first kappa shape index (κ1) is 22.3. The van der Waals surface area contributed by atoms with Gasteiger partial charge in [0.25, 0.3) is 5.91 Å². The van der Waals surface area contributed by atoms with Crippen molar-refractivity contribution in [3.05, 3.63) is 53.9 Å². The van der Waals surface area contributed by atoms with Crippen LogP contribution in [0.2, 0.25) is 0 Å². The molecule has 1 saturated heterocycles. The molecule has 9 nitrogen and oxygen atoms in total. The third-order valence-electron chi connectivity index (χ3n) is 5.71. The molecular weight excluding hydrogens is 422 g/mol. The Kier molecular flexibility index (Phi) is 6.04. The third kappa shape index (κ3) is 4.52. The Balaban J connectivity index is 1.40. The van der Waals surface area contributed by atoms with Crippen molar-refractivity contribution in [2.45, 2.75) is 38.8 Å². The molecule has 0 aliphatic carbocycles. The van der Waals surface area contributed by atoms with Crippen LogP contribution in [0.3, 0.4) is 0 Å². The van der Waals surface area contributed by atoms with Crippen molar-refractivity contribution in [1.29, 1.82) is 0 Å². The molecule has 1 aromatic heterocycles. The Morgan fingerprint density at radius 2 is 1.91 bits per heavy atom. The average Bonchev–Trinajstić information content (AvgIpc) is 3.25. The molecule has 2 heterocycles. The smallest absolute Gasteiger partial charge is 0.325 e. The summed E-state index contributed by atoms with van der Waals surface area (Å²) in [5.74, 6) is 1.14. The van der Waals surface area contributed by atoms with Crippen LogP contribution in [0.1, 0.15) is 37.6 Å². The normalized spacial score (nSPS) is 15.9. The van der Waals surface area contributed by atoms with Crippen molar-refractivity contribution < 1.29 is 19.1 Å². The standard InChI is InChI=1S/C24H27N5O4/c1-14(2)22-26-18-11-16(7-10-20(18)28(22)3)25-21(30)12-19-23(31)29(24(32)27-19)13-15-5-8-17(33-4)9-6-15/h5-11,14,19H,12-13H2,1-4H3,(H,25,30)(H,27,32)/t19-/m1/s1. The van der Waals surface area contributed by atoms with Crippen molar-refractivity contribution >= 4 is 34.6 Å². The summed E-state index contributed by atoms with van der Waals surface area (Å²) in [7, 11) is 3.54. The zero-order valence-electron chi connectivity index (χ0n) is 19.1. The molecule has 4 rings (SSSR count). The van der Waals surface area contributed by atoms with E-state index in [4.69, 9.17) is 4.74 Å². The van der Waals surface area contributed by atoms with E-state index in [0.29, 0.717) is 11.4 Å². The molecule has 0 radical (unpaired) electrons. The van der Waals surface area contributed by atoms with E-state index >= 15 is 0 Å². The molecule has 4 amide bonds. The zero-order chi connectivity index (χ0) is 23.7. The summed E-state index contributed by atoms with van der Waals surface area (Å²) in [6.45, 7) is 4.28. The maximum absolute atomic E-state index is 12.7. The number of nitrogens with zero attached hydrogens (tertiary/aromatic N) is 3. The third-order valence-corrected chi connectivity index (χ3v) is 5.71. The maximum atomic E-state index is 12.7. The highest BCUT2D eigenvalue weighted by molar-refractivity contribution is 6.07. The van der Waals surface area contributed by atoms with E-state index in [2.05, 4.69) is 29.5 Å². The second-order valence-electron chi connectivity index (χ2n) is 8.41. The molecule has 1 fully saturated rings. The van der Waals surface area contributed by atoms with E-state index in [1.54, 1.807) is 37.4 Å². The molecule has 1 aliphatic rings. The van der Waals surface area contributed by atoms with Crippen molar-refractivity contribution in [3.8, 4) is 5.75 Å². The van der Waals surface area contributed by atoms with Crippen molar-refractivity contribution in [2.75, 3.05) is 12.4 Å². The van der Waals surface area contributed by atoms with Gasteiger partial charge in [0.15, 0.2) is 0 Å². The number of rotatable bonds is 7. The topological polar surface area (TPSA) is 106 Å². The number of anilines is 1. The quantitative estimate of drug-likeness (QED) is 0.539. The Morgan fingerprint density at radius 1 is 1.18 bits per heavy atom. The molecule has 9 heteroatoms. The van der Waals surface area contributed by atoms with Crippen LogP contribution in [0.15, 0.2) is 42.5 Å². The van der Waals surface area contributed by atoms with Crippen LogP contribution < -0.4 is 15.4 Å². The van der Waals surface area contributed by atoms with Crippen molar-refractivity contribution in [2.24, 2.45) is 7.05 Å². The molecule has 2 aromatic carbocycles. The number of imidazole rings is 1. The largest absolute Gasteiger partial charge is 0.497 e. The number of aromatic nitrogens is 2. The number of fused-ring (bicyclic) bond motifs is 1. The first-order chi connectivity index (χ1) is 15.8. The van der Waals surface area contributed by atoms with Crippen LogP contribution in [-0.4, -0.2) is 45.4 Å². The Bertz CT molecular complexity index is 1220. The number of carbonyl (C=O) groups excluding carboxylic acids is 3. The summed E-state index contributed by atoms with van der Waals surface area (Å²) in [4.78, 5) is 43.4. The van der Waals surface area contributed by atoms with Gasteiger partial charge in [-0.2, -0.15) is 0 Å². The lowest BCUT2D eigenvalue weighted by Crippen LogP contribution is -2.34. The fourth-order valence-corrected chi connectivity index (χ4v) is 3.99. The molecule has 1 aliphatic heterocycles. The molecule has 0 unspecified atom stereocenters. The van der Waals surface area contributed by atoms with Crippen LogP contribution in [0.5, 0.6) is 5.75 Å². The SMILES string of the molecule is COc1ccc(CN2C(=O)N[C@H](CC(=O)Nc3ccc4c(c3)nc(C(C)C)n4C)C2=O)cc1. The Hall–Kier alpha value is -3.88. The maximum Gasteiger partial charge on any atom is 0.325 e. The second-order valence-corrected chi connectivity index (χ2v) is 8.41. The number of hydrogen-bond acceptors (Lipinski definition) is 5. The monoisotopic (exact) mass is 449 g/mol. The van der Waals surface area contributed by atoms with Gasteiger partial charge in [-0.15, -0.1) is 0 Å². The summed E-state index contributed by atoms with van der Waals surface area (Å²) in [6.07, 6.45) is -0.152. The number of carbonyl (C=O) groups is 3. The van der Waals surface area contributed by atoms with E-state index in [0.717, 1.165) is 27.3 Å². The number of imide groups is 1. The van der Waals surface area contributed by atoms with E-state index in [1.807, 2.05) is 23.7 Å². The second kappa shape index (κ2) is 8.93. The predicted molar refractivity (Wildman–Crippen MR) is 124 cm³/mol. The molecular formula is C24H27N5O4. The van der Waals surface area contributed by atoms with Gasteiger partial charge in [0.2, 0.25) is 5.91 Å². The predicted octanol–water partition coefficient (Wildman–Crippen LogP) is 3.15. The van der Waals surface area contributed by atoms with Gasteiger partial charge >= 0.3 is 6.03 Å². The van der Waals surface area contributed by atoms with E-state index < -0.39 is 18.0 Å². The van der Waals surface area contributed by atoms with Crippen LogP contribution in [0.25, 0.3) is 11.0 Å². The highest BCUT2D eigenvalue weighted by Gasteiger charge is 2.39. The highest BCUT2D eigenvalue weighted by atomic mass is 16.5. The van der Waals surface area contributed by atoms with Crippen LogP contribution in [0.4, 0.5) is 10.5 Å². The minimum atomic E-state index is -0.901. The number of ether oxygens (including phenoxy) is 1. The molecule has 0 bridgehead atoms. The van der Waals surface area contributed by atoms with Crippen LogP contribution in [0, 0.1) is 0 Å². The van der Waals surface area contributed by atoms with Gasteiger partial charge in [-0.25, -0.2) is 9.78 Å². The van der Waals surface area contributed by atoms with Gasteiger partial charge in [-0.3, -0.25) is 14.5 Å². The minimum absolute atomic E-state index is 0.126. The number of hydrogen-bond donors (Lipinski definition) is 2. The molecule has 3 aromatic rings. The number of benzene rings is 2. The average molecular weight is 450 g/mol. The van der Waals surface area contributed by atoms with Gasteiger partial charge in [0.1, 0.15) is 17.6 Å². The summed E-state index contributed by atoms with van der Waals surface area (Å²) in [5, 5.41) is 5.41. The molecule has 0 saturated carbocycles. The lowest BCUT2D eigenvalue weighted by atomic mass is 10.1. The number of aryl methyl sites for hydroxylation is 1. The summed E-state index contributed by atoms with van der Waals surface area (Å²) >= 11 is 0. The summed E-state index contributed by atoms with van der Waals surface area (Å²) in [6, 6.07) is 11.2. The first-order valence-corrected chi connectivity index (χ1v) is 10.8. The number of amides is 4.